The van der Waals surface area contributed by atoms with Crippen molar-refractivity contribution in [2.45, 2.75) is 24.0 Å². The van der Waals surface area contributed by atoms with Crippen LogP contribution in [-0.4, -0.2) is 57.4 Å². The van der Waals surface area contributed by atoms with E-state index >= 15 is 0 Å². The Bertz CT molecular complexity index is 1500. The Kier molecular flexibility index (Phi) is 6.36. The van der Waals surface area contributed by atoms with Crippen LogP contribution < -0.4 is 4.74 Å². The van der Waals surface area contributed by atoms with Crippen molar-refractivity contribution < 1.29 is 39.5 Å². The van der Waals surface area contributed by atoms with Gasteiger partial charge in [0, 0.05) is 11.8 Å². The molecule has 3 aromatic heterocycles. The van der Waals surface area contributed by atoms with Gasteiger partial charge in [-0.1, -0.05) is 6.92 Å². The Balaban J connectivity index is 1.80. The highest BCUT2D eigenvalue weighted by atomic mass is 32.2. The molecule has 0 amide bonds. The lowest BCUT2D eigenvalue weighted by molar-refractivity contribution is -0.290. The Morgan fingerprint density at radius 1 is 0.972 bits per heavy atom. The van der Waals surface area contributed by atoms with Gasteiger partial charge in [0.1, 0.15) is 5.82 Å². The topological polar surface area (TPSA) is 99.3 Å². The molecule has 190 valence electrons. The van der Waals surface area contributed by atoms with Gasteiger partial charge in [0.15, 0.2) is 27.1 Å². The van der Waals surface area contributed by atoms with E-state index in [0.717, 1.165) is 12.4 Å². The number of fused-ring (bicyclic) bond motifs is 1. The van der Waals surface area contributed by atoms with Gasteiger partial charge in [-0.2, -0.15) is 27.1 Å². The van der Waals surface area contributed by atoms with E-state index in [1.807, 2.05) is 0 Å². The first kappa shape index (κ1) is 25.3. The maximum absolute atomic E-state index is 13.4. The van der Waals surface area contributed by atoms with Crippen LogP contribution in [0.25, 0.3) is 28.2 Å². The molecule has 8 nitrogen and oxygen atoms in total. The molecule has 0 bridgehead atoms. The van der Waals surface area contributed by atoms with E-state index in [4.69, 9.17) is 0 Å². The standard InChI is InChI=1S/C21H15F6N5O3S/c1-2-36(33,34)19-17(14-9-30-16(10-29-14)35-11-20(23,24)21(25,26)27)18-28-8-7-15(32(18)31-19)12-3-5-13(22)6-4-12/h3-10H,2,11H2,1H3. The molecule has 4 rings (SSSR count). The molecule has 0 saturated heterocycles. The van der Waals surface area contributed by atoms with E-state index in [1.165, 1.54) is 48.0 Å². The Morgan fingerprint density at radius 3 is 2.25 bits per heavy atom. The fourth-order valence-electron chi connectivity index (χ4n) is 3.11. The van der Waals surface area contributed by atoms with Gasteiger partial charge in [-0.05, 0) is 30.3 Å². The van der Waals surface area contributed by atoms with E-state index in [-0.39, 0.29) is 22.7 Å². The summed E-state index contributed by atoms with van der Waals surface area (Å²) in [7, 11) is -3.96. The van der Waals surface area contributed by atoms with E-state index in [2.05, 4.69) is 24.8 Å². The Hall–Kier alpha value is -3.75. The minimum absolute atomic E-state index is 0.0374. The largest absolute Gasteiger partial charge is 0.470 e. The summed E-state index contributed by atoms with van der Waals surface area (Å²) >= 11 is 0. The number of hydrogen-bond donors (Lipinski definition) is 0. The molecule has 0 spiro atoms. The zero-order valence-electron chi connectivity index (χ0n) is 18.2. The van der Waals surface area contributed by atoms with E-state index in [1.54, 1.807) is 0 Å². The van der Waals surface area contributed by atoms with Crippen molar-refractivity contribution in [3.63, 3.8) is 0 Å². The molecule has 36 heavy (non-hydrogen) atoms. The summed E-state index contributed by atoms with van der Waals surface area (Å²) in [6.07, 6.45) is -2.73. The zero-order valence-corrected chi connectivity index (χ0v) is 19.0. The van der Waals surface area contributed by atoms with Crippen molar-refractivity contribution in [2.75, 3.05) is 12.4 Å². The summed E-state index contributed by atoms with van der Waals surface area (Å²) < 4.78 is 108. The maximum Gasteiger partial charge on any atom is 0.456 e. The van der Waals surface area contributed by atoms with Crippen LogP contribution >= 0.6 is 0 Å². The molecular formula is C21H15F6N5O3S. The number of rotatable bonds is 7. The molecule has 1 aromatic carbocycles. The summed E-state index contributed by atoms with van der Waals surface area (Å²) in [5, 5.41) is 3.79. The van der Waals surface area contributed by atoms with Gasteiger partial charge in [0.05, 0.1) is 35.1 Å². The minimum Gasteiger partial charge on any atom is -0.470 e. The van der Waals surface area contributed by atoms with Crippen molar-refractivity contribution in [3.05, 3.63) is 54.7 Å². The summed E-state index contributed by atoms with van der Waals surface area (Å²) in [6, 6.07) is 6.87. The molecule has 0 N–H and O–H groups in total. The normalized spacial score (nSPS) is 12.8. The average molecular weight is 531 g/mol. The van der Waals surface area contributed by atoms with Crippen LogP contribution in [0, 0.1) is 5.82 Å². The summed E-state index contributed by atoms with van der Waals surface area (Å²) in [5.41, 5.74) is 0.742. The highest BCUT2D eigenvalue weighted by Crippen LogP contribution is 2.36. The van der Waals surface area contributed by atoms with E-state index < -0.39 is 45.3 Å². The van der Waals surface area contributed by atoms with Crippen LogP contribution in [0.4, 0.5) is 26.3 Å². The fraction of sp³-hybridized carbons (Fsp3) is 0.238. The third-order valence-corrected chi connectivity index (χ3v) is 6.64. The van der Waals surface area contributed by atoms with Gasteiger partial charge >= 0.3 is 12.1 Å². The highest BCUT2D eigenvalue weighted by Gasteiger charge is 2.58. The predicted molar refractivity (Wildman–Crippen MR) is 114 cm³/mol. The Labute approximate surface area is 199 Å². The monoisotopic (exact) mass is 531 g/mol. The lowest BCUT2D eigenvalue weighted by atomic mass is 10.1. The van der Waals surface area contributed by atoms with Crippen LogP contribution in [0.2, 0.25) is 0 Å². The first-order valence-corrected chi connectivity index (χ1v) is 11.8. The molecule has 0 atom stereocenters. The van der Waals surface area contributed by atoms with E-state index in [9.17, 15) is 34.8 Å². The lowest BCUT2D eigenvalue weighted by Crippen LogP contribution is -2.41. The quantitative estimate of drug-likeness (QED) is 0.327. The molecule has 3 heterocycles. The van der Waals surface area contributed by atoms with Gasteiger partial charge < -0.3 is 4.74 Å². The number of alkyl halides is 5. The summed E-state index contributed by atoms with van der Waals surface area (Å²) in [4.78, 5) is 11.8. The minimum atomic E-state index is -5.81. The number of ether oxygens (including phenoxy) is 1. The molecule has 0 fully saturated rings. The molecule has 0 radical (unpaired) electrons. The van der Waals surface area contributed by atoms with Crippen molar-refractivity contribution in [1.29, 1.82) is 0 Å². The average Bonchev–Trinajstić information content (AvgIpc) is 3.24. The number of hydrogen-bond acceptors (Lipinski definition) is 7. The van der Waals surface area contributed by atoms with Crippen molar-refractivity contribution >= 4 is 15.5 Å². The molecule has 0 saturated carbocycles. The van der Waals surface area contributed by atoms with Crippen LogP contribution in [0.15, 0.2) is 53.9 Å². The SMILES string of the molecule is CCS(=O)(=O)c1nn2c(-c3ccc(F)cc3)ccnc2c1-c1cnc(OCC(F)(F)C(F)(F)F)cn1. The van der Waals surface area contributed by atoms with Crippen molar-refractivity contribution in [1.82, 2.24) is 24.6 Å². The van der Waals surface area contributed by atoms with Crippen LogP contribution in [0.1, 0.15) is 6.92 Å². The highest BCUT2D eigenvalue weighted by molar-refractivity contribution is 7.91. The number of halogens is 6. The van der Waals surface area contributed by atoms with Gasteiger partial charge in [-0.25, -0.2) is 32.3 Å². The summed E-state index contributed by atoms with van der Waals surface area (Å²) in [6.45, 7) is -0.625. The van der Waals surface area contributed by atoms with Crippen molar-refractivity contribution in [2.24, 2.45) is 0 Å². The summed E-state index contributed by atoms with van der Waals surface area (Å²) in [5.74, 6) is -6.57. The van der Waals surface area contributed by atoms with Crippen LogP contribution in [0.3, 0.4) is 0 Å². The lowest BCUT2D eigenvalue weighted by Gasteiger charge is -2.19. The van der Waals surface area contributed by atoms with Crippen molar-refractivity contribution in [3.8, 4) is 28.4 Å². The molecule has 0 aliphatic rings. The molecule has 0 unspecified atom stereocenters. The number of aromatic nitrogens is 5. The second-order valence-electron chi connectivity index (χ2n) is 7.39. The Morgan fingerprint density at radius 2 is 1.67 bits per heavy atom. The number of benzene rings is 1. The van der Waals surface area contributed by atoms with Gasteiger partial charge in [-0.3, -0.25) is 0 Å². The molecular weight excluding hydrogens is 516 g/mol. The molecule has 4 aromatic rings. The molecule has 15 heteroatoms. The fourth-order valence-corrected chi connectivity index (χ4v) is 4.10. The van der Waals surface area contributed by atoms with Crippen LogP contribution in [0.5, 0.6) is 5.88 Å². The third-order valence-electron chi connectivity index (χ3n) is 5.00. The van der Waals surface area contributed by atoms with Gasteiger partial charge in [0.25, 0.3) is 0 Å². The van der Waals surface area contributed by atoms with Gasteiger partial charge in [-0.15, -0.1) is 0 Å². The number of sulfone groups is 1. The molecule has 0 aliphatic carbocycles. The molecule has 0 aliphatic heterocycles. The first-order chi connectivity index (χ1) is 16.8. The second-order valence-corrected chi connectivity index (χ2v) is 9.58. The van der Waals surface area contributed by atoms with Gasteiger partial charge in [0.2, 0.25) is 5.88 Å². The number of nitrogens with zero attached hydrogens (tertiary/aromatic N) is 5. The van der Waals surface area contributed by atoms with Crippen LogP contribution in [-0.2, 0) is 9.84 Å². The smallest absolute Gasteiger partial charge is 0.456 e. The zero-order chi connectivity index (χ0) is 26.3. The second kappa shape index (κ2) is 9.04. The first-order valence-electron chi connectivity index (χ1n) is 10.1. The predicted octanol–water partition coefficient (Wildman–Crippen LogP) is 4.36. The van der Waals surface area contributed by atoms with E-state index in [0.29, 0.717) is 11.3 Å². The third kappa shape index (κ3) is 4.69. The maximum atomic E-state index is 13.4.